The molecule has 0 saturated carbocycles. The average Bonchev–Trinajstić information content (AvgIpc) is 2.93. The fourth-order valence-electron chi connectivity index (χ4n) is 3.02. The second kappa shape index (κ2) is 6.26. The van der Waals surface area contributed by atoms with E-state index in [1.807, 2.05) is 54.6 Å². The molecule has 118 valence electrons. The number of aliphatic hydroxyl groups is 1. The highest BCUT2D eigenvalue weighted by atomic mass is 16.5. The maximum absolute atomic E-state index is 12.4. The number of hydrogen-bond donors (Lipinski definition) is 2. The third-order valence-electron chi connectivity index (χ3n) is 4.21. The van der Waals surface area contributed by atoms with Crippen LogP contribution >= 0.6 is 0 Å². The molecule has 0 heterocycles. The van der Waals surface area contributed by atoms with E-state index in [0.717, 1.165) is 17.0 Å². The van der Waals surface area contributed by atoms with Gasteiger partial charge in [-0.1, -0.05) is 36.4 Å². The Hall–Kier alpha value is -2.59. The molecule has 0 spiro atoms. The zero-order valence-electron chi connectivity index (χ0n) is 12.9. The summed E-state index contributed by atoms with van der Waals surface area (Å²) in [5, 5.41) is 13.4. The minimum atomic E-state index is -0.840. The average molecular weight is 309 g/mol. The van der Waals surface area contributed by atoms with Crippen LogP contribution < -0.4 is 10.1 Å². The summed E-state index contributed by atoms with van der Waals surface area (Å²) in [5.41, 5.74) is 0.866. The molecule has 3 rings (SSSR count). The van der Waals surface area contributed by atoms with Crippen molar-refractivity contribution in [2.24, 2.45) is 0 Å². The molecule has 0 amide bonds. The van der Waals surface area contributed by atoms with Crippen molar-refractivity contribution in [1.82, 2.24) is 0 Å². The van der Waals surface area contributed by atoms with E-state index < -0.39 is 11.5 Å². The van der Waals surface area contributed by atoms with Gasteiger partial charge in [-0.05, 0) is 35.9 Å². The SMILES string of the molecule is COc1ccc(N[C@@]2(CO)C=CC(=O)C2c2ccccc2)cc1. The number of nitrogens with one attached hydrogen (secondary N) is 1. The molecular formula is C19H19NO3. The van der Waals surface area contributed by atoms with Crippen LogP contribution in [-0.4, -0.2) is 30.1 Å². The Morgan fingerprint density at radius 2 is 1.83 bits per heavy atom. The number of methoxy groups -OCH3 is 1. The molecule has 23 heavy (non-hydrogen) atoms. The van der Waals surface area contributed by atoms with E-state index >= 15 is 0 Å². The van der Waals surface area contributed by atoms with Gasteiger partial charge in [0.1, 0.15) is 5.75 Å². The molecule has 0 aromatic heterocycles. The maximum atomic E-state index is 12.4. The first-order valence-electron chi connectivity index (χ1n) is 7.50. The lowest BCUT2D eigenvalue weighted by Gasteiger charge is -2.34. The van der Waals surface area contributed by atoms with E-state index in [0.29, 0.717) is 0 Å². The van der Waals surface area contributed by atoms with Gasteiger partial charge in [-0.15, -0.1) is 0 Å². The van der Waals surface area contributed by atoms with Crippen LogP contribution in [0.4, 0.5) is 5.69 Å². The molecule has 0 radical (unpaired) electrons. The monoisotopic (exact) mass is 309 g/mol. The molecule has 2 aromatic rings. The van der Waals surface area contributed by atoms with Gasteiger partial charge in [-0.2, -0.15) is 0 Å². The van der Waals surface area contributed by atoms with Gasteiger partial charge in [0, 0.05) is 5.69 Å². The second-order valence-corrected chi connectivity index (χ2v) is 5.63. The third kappa shape index (κ3) is 2.85. The lowest BCUT2D eigenvalue weighted by molar-refractivity contribution is -0.116. The zero-order chi connectivity index (χ0) is 16.3. The normalized spacial score (nSPS) is 23.0. The summed E-state index contributed by atoms with van der Waals surface area (Å²) in [4.78, 5) is 12.4. The van der Waals surface area contributed by atoms with Gasteiger partial charge in [0.15, 0.2) is 5.78 Å². The summed E-state index contributed by atoms with van der Waals surface area (Å²) in [5.74, 6) is 0.299. The number of hydrogen-bond acceptors (Lipinski definition) is 4. The fraction of sp³-hybridized carbons (Fsp3) is 0.211. The molecule has 1 aliphatic rings. The van der Waals surface area contributed by atoms with Gasteiger partial charge < -0.3 is 15.2 Å². The minimum absolute atomic E-state index is 0.00809. The quantitative estimate of drug-likeness (QED) is 0.891. The van der Waals surface area contributed by atoms with E-state index in [1.165, 1.54) is 0 Å². The van der Waals surface area contributed by atoms with Crippen molar-refractivity contribution in [2.75, 3.05) is 19.0 Å². The van der Waals surface area contributed by atoms with Crippen LogP contribution in [0.5, 0.6) is 5.75 Å². The molecule has 0 saturated heterocycles. The Morgan fingerprint density at radius 3 is 2.43 bits per heavy atom. The zero-order valence-corrected chi connectivity index (χ0v) is 12.9. The number of ketones is 1. The molecule has 0 aliphatic heterocycles. The van der Waals surface area contributed by atoms with Crippen LogP contribution in [0.3, 0.4) is 0 Å². The highest BCUT2D eigenvalue weighted by molar-refractivity contribution is 6.01. The number of anilines is 1. The van der Waals surface area contributed by atoms with Crippen LogP contribution in [0.1, 0.15) is 11.5 Å². The summed E-state index contributed by atoms with van der Waals surface area (Å²) in [6.07, 6.45) is 3.31. The predicted octanol–water partition coefficient (Wildman–Crippen LogP) is 2.76. The highest BCUT2D eigenvalue weighted by Crippen LogP contribution is 2.38. The Morgan fingerprint density at radius 1 is 1.13 bits per heavy atom. The van der Waals surface area contributed by atoms with Crippen molar-refractivity contribution < 1.29 is 14.6 Å². The smallest absolute Gasteiger partial charge is 0.165 e. The Balaban J connectivity index is 1.94. The van der Waals surface area contributed by atoms with E-state index in [9.17, 15) is 9.90 Å². The van der Waals surface area contributed by atoms with Crippen molar-refractivity contribution in [1.29, 1.82) is 0 Å². The van der Waals surface area contributed by atoms with Crippen LogP contribution in [0, 0.1) is 0 Å². The largest absolute Gasteiger partial charge is 0.497 e. The van der Waals surface area contributed by atoms with E-state index in [-0.39, 0.29) is 12.4 Å². The Kier molecular flexibility index (Phi) is 4.17. The molecule has 2 aromatic carbocycles. The first-order chi connectivity index (χ1) is 11.2. The number of benzene rings is 2. The van der Waals surface area contributed by atoms with Crippen molar-refractivity contribution in [3.8, 4) is 5.75 Å². The van der Waals surface area contributed by atoms with Crippen molar-refractivity contribution in [2.45, 2.75) is 11.5 Å². The Bertz CT molecular complexity index is 709. The first kappa shape index (κ1) is 15.3. The van der Waals surface area contributed by atoms with Crippen LogP contribution in [0.15, 0.2) is 66.7 Å². The Labute approximate surface area is 135 Å². The summed E-state index contributed by atoms with van der Waals surface area (Å²) in [6, 6.07) is 17.0. The first-order valence-corrected chi connectivity index (χ1v) is 7.50. The lowest BCUT2D eigenvalue weighted by Crippen LogP contribution is -2.45. The number of rotatable bonds is 5. The predicted molar refractivity (Wildman–Crippen MR) is 89.8 cm³/mol. The number of carbonyl (C=O) groups is 1. The van der Waals surface area contributed by atoms with E-state index in [4.69, 9.17) is 4.74 Å². The maximum Gasteiger partial charge on any atom is 0.165 e. The van der Waals surface area contributed by atoms with Gasteiger partial charge in [-0.3, -0.25) is 4.79 Å². The highest BCUT2D eigenvalue weighted by Gasteiger charge is 2.45. The van der Waals surface area contributed by atoms with Crippen LogP contribution in [-0.2, 0) is 4.79 Å². The van der Waals surface area contributed by atoms with Crippen LogP contribution in [0.25, 0.3) is 0 Å². The fourth-order valence-corrected chi connectivity index (χ4v) is 3.02. The summed E-state index contributed by atoms with van der Waals surface area (Å²) in [6.45, 7) is -0.180. The van der Waals surface area contributed by atoms with Gasteiger partial charge >= 0.3 is 0 Å². The molecule has 2 N–H and O–H groups in total. The molecule has 1 unspecified atom stereocenters. The van der Waals surface area contributed by atoms with Gasteiger partial charge in [0.05, 0.1) is 25.2 Å². The molecule has 2 atom stereocenters. The molecular weight excluding hydrogens is 290 g/mol. The van der Waals surface area contributed by atoms with Gasteiger partial charge in [0.2, 0.25) is 0 Å². The summed E-state index contributed by atoms with van der Waals surface area (Å²) >= 11 is 0. The van der Waals surface area contributed by atoms with Gasteiger partial charge in [0.25, 0.3) is 0 Å². The molecule has 4 heteroatoms. The molecule has 4 nitrogen and oxygen atoms in total. The number of ether oxygens (including phenoxy) is 1. The van der Waals surface area contributed by atoms with E-state index in [2.05, 4.69) is 5.32 Å². The van der Waals surface area contributed by atoms with E-state index in [1.54, 1.807) is 19.3 Å². The van der Waals surface area contributed by atoms with Gasteiger partial charge in [-0.25, -0.2) is 0 Å². The minimum Gasteiger partial charge on any atom is -0.497 e. The topological polar surface area (TPSA) is 58.6 Å². The number of aliphatic hydroxyl groups excluding tert-OH is 1. The second-order valence-electron chi connectivity index (χ2n) is 5.63. The van der Waals surface area contributed by atoms with Crippen LogP contribution in [0.2, 0.25) is 0 Å². The summed E-state index contributed by atoms with van der Waals surface area (Å²) in [7, 11) is 1.61. The molecule has 0 bridgehead atoms. The summed E-state index contributed by atoms with van der Waals surface area (Å²) < 4.78 is 5.15. The number of carbonyl (C=O) groups excluding carboxylic acids is 1. The van der Waals surface area contributed by atoms with Crippen molar-refractivity contribution >= 4 is 11.5 Å². The number of allylic oxidation sites excluding steroid dienone is 1. The standard InChI is InChI=1S/C19H19NO3/c1-23-16-9-7-15(8-10-16)20-19(13-21)12-11-17(22)18(19)14-5-3-2-4-6-14/h2-12,18,20-21H,13H2,1H3/t18?,19-/m1/s1. The lowest BCUT2D eigenvalue weighted by atomic mass is 9.81. The van der Waals surface area contributed by atoms with Crippen molar-refractivity contribution in [3.63, 3.8) is 0 Å². The molecule has 1 aliphatic carbocycles. The van der Waals surface area contributed by atoms with Crippen molar-refractivity contribution in [3.05, 3.63) is 72.3 Å². The molecule has 0 fully saturated rings. The third-order valence-corrected chi connectivity index (χ3v) is 4.21.